The van der Waals surface area contributed by atoms with Gasteiger partial charge in [-0.15, -0.1) is 0 Å². The van der Waals surface area contributed by atoms with Crippen LogP contribution in [-0.4, -0.2) is 65.0 Å². The number of aromatic nitrogens is 2. The molecule has 0 atom stereocenters. The molecule has 8 heteroatoms. The number of amides is 1. The van der Waals surface area contributed by atoms with Crippen LogP contribution in [0.25, 0.3) is 0 Å². The topological polar surface area (TPSA) is 96.7 Å². The maximum atomic E-state index is 12.0. The molecule has 1 aromatic heterocycles. The number of hydrogen-bond donors (Lipinski definition) is 2. The van der Waals surface area contributed by atoms with Crippen molar-refractivity contribution in [1.29, 1.82) is 0 Å². The lowest BCUT2D eigenvalue weighted by molar-refractivity contribution is -0.123. The molecule has 0 unspecified atom stereocenters. The van der Waals surface area contributed by atoms with Gasteiger partial charge in [-0.05, 0) is 5.92 Å². The lowest BCUT2D eigenvalue weighted by Gasteiger charge is -2.26. The molecule has 0 bridgehead atoms. The summed E-state index contributed by atoms with van der Waals surface area (Å²) in [6, 6.07) is 1.94. The zero-order valence-electron chi connectivity index (χ0n) is 14.0. The van der Waals surface area contributed by atoms with Crippen molar-refractivity contribution in [1.82, 2.24) is 14.7 Å². The third-order valence-electron chi connectivity index (χ3n) is 3.52. The van der Waals surface area contributed by atoms with Gasteiger partial charge >= 0.3 is 0 Å². The SMILES string of the molecule is CC(C)c1cc(NC(=O)CCN2CCOCC2)n(C)n1.O=CO. The summed E-state index contributed by atoms with van der Waals surface area (Å²) in [4.78, 5) is 22.6. The number of nitrogens with zero attached hydrogens (tertiary/aromatic N) is 3. The van der Waals surface area contributed by atoms with Gasteiger partial charge in [-0.3, -0.25) is 19.2 Å². The van der Waals surface area contributed by atoms with Gasteiger partial charge in [0.2, 0.25) is 5.91 Å². The standard InChI is InChI=1S/C14H24N4O2.CH2O2/c1-11(2)12-10-13(17(3)16-12)15-14(19)4-5-18-6-8-20-9-7-18;2-1-3/h10-11H,4-9H2,1-3H3,(H,15,19);1H,(H,2,3). The van der Waals surface area contributed by atoms with Crippen molar-refractivity contribution >= 4 is 18.2 Å². The molecule has 1 fully saturated rings. The fourth-order valence-corrected chi connectivity index (χ4v) is 2.18. The van der Waals surface area contributed by atoms with Gasteiger partial charge in [0.1, 0.15) is 5.82 Å². The first-order valence-corrected chi connectivity index (χ1v) is 7.69. The Kier molecular flexibility index (Phi) is 8.28. The van der Waals surface area contributed by atoms with Crippen LogP contribution in [0, 0.1) is 0 Å². The fraction of sp³-hybridized carbons (Fsp3) is 0.667. The second kappa shape index (κ2) is 9.96. The van der Waals surface area contributed by atoms with E-state index in [0.717, 1.165) is 44.4 Å². The average molecular weight is 326 g/mol. The van der Waals surface area contributed by atoms with Crippen LogP contribution in [0.4, 0.5) is 5.82 Å². The molecule has 2 N–H and O–H groups in total. The Morgan fingerprint density at radius 1 is 1.48 bits per heavy atom. The zero-order chi connectivity index (χ0) is 17.2. The number of carboxylic acid groups (broad SMARTS) is 1. The van der Waals surface area contributed by atoms with Crippen molar-refractivity contribution < 1.29 is 19.4 Å². The van der Waals surface area contributed by atoms with Gasteiger partial charge in [0.15, 0.2) is 0 Å². The molecule has 0 spiro atoms. The van der Waals surface area contributed by atoms with Crippen molar-refractivity contribution in [3.8, 4) is 0 Å². The number of ether oxygens (including phenoxy) is 1. The monoisotopic (exact) mass is 326 g/mol. The number of carbonyl (C=O) groups is 2. The predicted octanol–water partition coefficient (Wildman–Crippen LogP) is 0.905. The molecule has 1 aliphatic rings. The Labute approximate surface area is 136 Å². The van der Waals surface area contributed by atoms with Gasteiger partial charge < -0.3 is 15.2 Å². The van der Waals surface area contributed by atoms with Crippen molar-refractivity contribution in [3.63, 3.8) is 0 Å². The molecule has 8 nitrogen and oxygen atoms in total. The number of aryl methyl sites for hydroxylation is 1. The third-order valence-corrected chi connectivity index (χ3v) is 3.52. The van der Waals surface area contributed by atoms with Gasteiger partial charge in [-0.2, -0.15) is 5.10 Å². The van der Waals surface area contributed by atoms with E-state index in [0.29, 0.717) is 12.3 Å². The molecule has 0 aromatic carbocycles. The van der Waals surface area contributed by atoms with E-state index in [1.807, 2.05) is 13.1 Å². The minimum atomic E-state index is -0.250. The van der Waals surface area contributed by atoms with E-state index in [1.54, 1.807) is 4.68 Å². The molecular weight excluding hydrogens is 300 g/mol. The Bertz CT molecular complexity index is 496. The van der Waals surface area contributed by atoms with Gasteiger partial charge in [0.25, 0.3) is 6.47 Å². The maximum Gasteiger partial charge on any atom is 0.290 e. The van der Waals surface area contributed by atoms with Crippen LogP contribution in [0.3, 0.4) is 0 Å². The number of anilines is 1. The molecule has 0 saturated carbocycles. The van der Waals surface area contributed by atoms with Crippen LogP contribution in [0.1, 0.15) is 31.9 Å². The number of carbonyl (C=O) groups excluding carboxylic acids is 1. The van der Waals surface area contributed by atoms with Gasteiger partial charge in [-0.25, -0.2) is 0 Å². The largest absolute Gasteiger partial charge is 0.483 e. The molecule has 1 saturated heterocycles. The summed E-state index contributed by atoms with van der Waals surface area (Å²) in [6.45, 7) is 8.07. The predicted molar refractivity (Wildman–Crippen MR) is 86.5 cm³/mol. The van der Waals surface area contributed by atoms with E-state index in [-0.39, 0.29) is 12.4 Å². The van der Waals surface area contributed by atoms with Crippen LogP contribution in [0.5, 0.6) is 0 Å². The first kappa shape index (κ1) is 19.1. The van der Waals surface area contributed by atoms with Crippen LogP contribution >= 0.6 is 0 Å². The zero-order valence-corrected chi connectivity index (χ0v) is 14.0. The minimum absolute atomic E-state index is 0.0368. The fourth-order valence-electron chi connectivity index (χ4n) is 2.18. The summed E-state index contributed by atoms with van der Waals surface area (Å²) in [7, 11) is 1.85. The smallest absolute Gasteiger partial charge is 0.290 e. The molecular formula is C15H26N4O4. The summed E-state index contributed by atoms with van der Waals surface area (Å²) in [5.41, 5.74) is 0.996. The third kappa shape index (κ3) is 6.79. The summed E-state index contributed by atoms with van der Waals surface area (Å²) in [5, 5.41) is 14.2. The van der Waals surface area contributed by atoms with E-state index in [4.69, 9.17) is 14.6 Å². The Morgan fingerprint density at radius 3 is 2.61 bits per heavy atom. The van der Waals surface area contributed by atoms with Crippen molar-refractivity contribution in [2.45, 2.75) is 26.2 Å². The molecule has 1 aromatic rings. The van der Waals surface area contributed by atoms with E-state index in [1.165, 1.54) is 0 Å². The molecule has 1 amide bonds. The summed E-state index contributed by atoms with van der Waals surface area (Å²) < 4.78 is 7.01. The van der Waals surface area contributed by atoms with Crippen LogP contribution in [0.15, 0.2) is 6.07 Å². The van der Waals surface area contributed by atoms with Crippen LogP contribution < -0.4 is 5.32 Å². The summed E-state index contributed by atoms with van der Waals surface area (Å²) >= 11 is 0. The molecule has 23 heavy (non-hydrogen) atoms. The van der Waals surface area contributed by atoms with Crippen molar-refractivity contribution in [3.05, 3.63) is 11.8 Å². The highest BCUT2D eigenvalue weighted by molar-refractivity contribution is 5.90. The van der Waals surface area contributed by atoms with Gasteiger partial charge in [-0.1, -0.05) is 13.8 Å². The highest BCUT2D eigenvalue weighted by Crippen LogP contribution is 2.17. The van der Waals surface area contributed by atoms with Crippen molar-refractivity contribution in [2.75, 3.05) is 38.2 Å². The number of hydrogen-bond acceptors (Lipinski definition) is 5. The number of morpholine rings is 1. The maximum absolute atomic E-state index is 12.0. The van der Waals surface area contributed by atoms with E-state index < -0.39 is 0 Å². The molecule has 1 aliphatic heterocycles. The lowest BCUT2D eigenvalue weighted by Crippen LogP contribution is -2.38. The minimum Gasteiger partial charge on any atom is -0.483 e. The van der Waals surface area contributed by atoms with E-state index in [2.05, 4.69) is 29.2 Å². The van der Waals surface area contributed by atoms with Crippen molar-refractivity contribution in [2.24, 2.45) is 7.05 Å². The normalized spacial score (nSPS) is 15.0. The molecule has 0 radical (unpaired) electrons. The summed E-state index contributed by atoms with van der Waals surface area (Å²) in [6.07, 6.45) is 0.502. The number of nitrogens with one attached hydrogen (secondary N) is 1. The number of rotatable bonds is 5. The lowest BCUT2D eigenvalue weighted by atomic mass is 10.1. The van der Waals surface area contributed by atoms with Gasteiger partial charge in [0.05, 0.1) is 18.9 Å². The van der Waals surface area contributed by atoms with E-state index in [9.17, 15) is 4.79 Å². The van der Waals surface area contributed by atoms with Gasteiger partial charge in [0, 0.05) is 39.2 Å². The van der Waals surface area contributed by atoms with Crippen LogP contribution in [-0.2, 0) is 21.4 Å². The highest BCUT2D eigenvalue weighted by atomic mass is 16.5. The Balaban J connectivity index is 0.000000816. The molecule has 130 valence electrons. The second-order valence-corrected chi connectivity index (χ2v) is 5.59. The van der Waals surface area contributed by atoms with E-state index >= 15 is 0 Å². The molecule has 0 aliphatic carbocycles. The first-order chi connectivity index (χ1) is 11.0. The Morgan fingerprint density at radius 2 is 2.09 bits per heavy atom. The Hall–Kier alpha value is -1.93. The molecule has 2 heterocycles. The second-order valence-electron chi connectivity index (χ2n) is 5.59. The highest BCUT2D eigenvalue weighted by Gasteiger charge is 2.14. The average Bonchev–Trinajstić information content (AvgIpc) is 2.88. The quantitative estimate of drug-likeness (QED) is 0.781. The first-order valence-electron chi connectivity index (χ1n) is 7.69. The van der Waals surface area contributed by atoms with Crippen LogP contribution in [0.2, 0.25) is 0 Å². The summed E-state index contributed by atoms with van der Waals surface area (Å²) in [5.74, 6) is 1.16. The molecule has 2 rings (SSSR count).